The molecule has 0 aliphatic carbocycles. The van der Waals surface area contributed by atoms with E-state index >= 15 is 0 Å². The van der Waals surface area contributed by atoms with Crippen molar-refractivity contribution in [2.45, 2.75) is 19.9 Å². The van der Waals surface area contributed by atoms with Gasteiger partial charge in [0.25, 0.3) is 0 Å². The van der Waals surface area contributed by atoms with Gasteiger partial charge >= 0.3 is 5.97 Å². The average molecular weight is 175 g/mol. The van der Waals surface area contributed by atoms with Crippen molar-refractivity contribution in [3.8, 4) is 0 Å². The lowest BCUT2D eigenvalue weighted by Crippen LogP contribution is -2.36. The summed E-state index contributed by atoms with van der Waals surface area (Å²) in [7, 11) is 1.31. The van der Waals surface area contributed by atoms with Gasteiger partial charge in [-0.2, -0.15) is 0 Å². The van der Waals surface area contributed by atoms with E-state index in [9.17, 15) is 4.79 Å². The van der Waals surface area contributed by atoms with Gasteiger partial charge in [-0.1, -0.05) is 13.8 Å². The Hall–Kier alpha value is -0.610. The van der Waals surface area contributed by atoms with Crippen molar-refractivity contribution in [1.82, 2.24) is 0 Å². The van der Waals surface area contributed by atoms with Crippen LogP contribution in [0.15, 0.2) is 0 Å². The third-order valence-electron chi connectivity index (χ3n) is 1.25. The van der Waals surface area contributed by atoms with Gasteiger partial charge in [0.1, 0.15) is 6.04 Å². The number of methoxy groups -OCH3 is 1. The lowest BCUT2D eigenvalue weighted by Gasteiger charge is -2.10. The molecule has 4 nitrogen and oxygen atoms in total. The number of esters is 1. The molecule has 0 rings (SSSR count). The molecular weight excluding hydrogens is 158 g/mol. The fraction of sp³-hybridized carbons (Fsp3) is 0.875. The Balaban J connectivity index is 3.43. The van der Waals surface area contributed by atoms with Crippen LogP contribution in [0.5, 0.6) is 0 Å². The standard InChI is InChI=1S/C8H17NO3/c1-6(2)4-12-5-7(9)8(10)11-3/h6-7H,4-5,9H2,1-3H3. The number of hydrogen-bond acceptors (Lipinski definition) is 4. The molecule has 0 aliphatic rings. The minimum absolute atomic E-state index is 0.227. The predicted octanol–water partition coefficient (Wildman–Crippen LogP) is 0.159. The number of carbonyl (C=O) groups is 1. The van der Waals surface area contributed by atoms with E-state index in [2.05, 4.69) is 4.74 Å². The molecule has 0 spiro atoms. The van der Waals surface area contributed by atoms with Gasteiger partial charge in [-0.15, -0.1) is 0 Å². The van der Waals surface area contributed by atoms with Crippen LogP contribution in [-0.2, 0) is 14.3 Å². The molecule has 0 aromatic rings. The first-order valence-corrected chi connectivity index (χ1v) is 3.99. The maximum atomic E-state index is 10.8. The predicted molar refractivity (Wildman–Crippen MR) is 45.6 cm³/mol. The summed E-state index contributed by atoms with van der Waals surface area (Å²) in [4.78, 5) is 10.8. The van der Waals surface area contributed by atoms with Crippen LogP contribution < -0.4 is 5.73 Å². The lowest BCUT2D eigenvalue weighted by atomic mass is 10.2. The highest BCUT2D eigenvalue weighted by molar-refractivity contribution is 5.75. The van der Waals surface area contributed by atoms with Gasteiger partial charge in [0.05, 0.1) is 13.7 Å². The largest absolute Gasteiger partial charge is 0.468 e. The van der Waals surface area contributed by atoms with Crippen LogP contribution in [0.25, 0.3) is 0 Å². The van der Waals surface area contributed by atoms with Crippen LogP contribution >= 0.6 is 0 Å². The first kappa shape index (κ1) is 11.4. The second-order valence-electron chi connectivity index (χ2n) is 3.06. The highest BCUT2D eigenvalue weighted by Crippen LogP contribution is 1.93. The quantitative estimate of drug-likeness (QED) is 0.604. The third kappa shape index (κ3) is 5.09. The molecule has 4 heteroatoms. The van der Waals surface area contributed by atoms with E-state index in [0.29, 0.717) is 12.5 Å². The molecule has 12 heavy (non-hydrogen) atoms. The summed E-state index contributed by atoms with van der Waals surface area (Å²) in [5.41, 5.74) is 5.41. The molecule has 1 atom stereocenters. The van der Waals surface area contributed by atoms with Gasteiger partial charge < -0.3 is 15.2 Å². The van der Waals surface area contributed by atoms with Crippen LogP contribution in [0.3, 0.4) is 0 Å². The van der Waals surface area contributed by atoms with E-state index in [4.69, 9.17) is 10.5 Å². The van der Waals surface area contributed by atoms with Crippen LogP contribution in [-0.4, -0.2) is 32.3 Å². The van der Waals surface area contributed by atoms with Gasteiger partial charge in [0, 0.05) is 6.61 Å². The van der Waals surface area contributed by atoms with E-state index in [1.165, 1.54) is 7.11 Å². The van der Waals surface area contributed by atoms with E-state index in [1.54, 1.807) is 0 Å². The second kappa shape index (κ2) is 5.97. The first-order valence-electron chi connectivity index (χ1n) is 3.99. The Morgan fingerprint density at radius 2 is 2.00 bits per heavy atom. The maximum absolute atomic E-state index is 10.8. The van der Waals surface area contributed by atoms with E-state index < -0.39 is 12.0 Å². The third-order valence-corrected chi connectivity index (χ3v) is 1.25. The van der Waals surface area contributed by atoms with Gasteiger partial charge in [0.15, 0.2) is 0 Å². The molecule has 0 radical (unpaired) electrons. The van der Waals surface area contributed by atoms with Crippen molar-refractivity contribution in [3.63, 3.8) is 0 Å². The molecule has 0 heterocycles. The number of rotatable bonds is 5. The molecule has 2 N–H and O–H groups in total. The number of carbonyl (C=O) groups excluding carboxylic acids is 1. The topological polar surface area (TPSA) is 61.5 Å². The molecular formula is C8H17NO3. The van der Waals surface area contributed by atoms with Crippen LogP contribution in [0.1, 0.15) is 13.8 Å². The normalized spacial score (nSPS) is 13.1. The fourth-order valence-electron chi connectivity index (χ4n) is 0.650. The molecule has 0 saturated carbocycles. The van der Waals surface area contributed by atoms with E-state index in [-0.39, 0.29) is 6.61 Å². The Morgan fingerprint density at radius 3 is 2.42 bits per heavy atom. The minimum atomic E-state index is -0.659. The van der Waals surface area contributed by atoms with Gasteiger partial charge in [-0.3, -0.25) is 4.79 Å². The zero-order chi connectivity index (χ0) is 9.56. The summed E-state index contributed by atoms with van der Waals surface area (Å²) in [6.45, 7) is 4.91. The Bertz CT molecular complexity index is 136. The number of nitrogens with two attached hydrogens (primary N) is 1. The van der Waals surface area contributed by atoms with Gasteiger partial charge in [-0.25, -0.2) is 0 Å². The Morgan fingerprint density at radius 1 is 1.42 bits per heavy atom. The zero-order valence-corrected chi connectivity index (χ0v) is 7.87. The Kier molecular flexibility index (Phi) is 5.66. The molecule has 0 aliphatic heterocycles. The molecule has 0 bridgehead atoms. The summed E-state index contributed by atoms with van der Waals surface area (Å²) in [6.07, 6.45) is 0. The smallest absolute Gasteiger partial charge is 0.325 e. The summed E-state index contributed by atoms with van der Waals surface area (Å²) < 4.78 is 9.58. The summed E-state index contributed by atoms with van der Waals surface area (Å²) >= 11 is 0. The summed E-state index contributed by atoms with van der Waals surface area (Å²) in [5.74, 6) is 0.0219. The molecule has 0 aromatic carbocycles. The highest BCUT2D eigenvalue weighted by Gasteiger charge is 2.13. The molecule has 0 amide bonds. The van der Waals surface area contributed by atoms with Crippen molar-refractivity contribution >= 4 is 5.97 Å². The highest BCUT2D eigenvalue weighted by atomic mass is 16.5. The summed E-state index contributed by atoms with van der Waals surface area (Å²) in [5, 5.41) is 0. The molecule has 0 aromatic heterocycles. The number of ether oxygens (including phenoxy) is 2. The zero-order valence-electron chi connectivity index (χ0n) is 7.87. The van der Waals surface area contributed by atoms with Crippen molar-refractivity contribution in [1.29, 1.82) is 0 Å². The van der Waals surface area contributed by atoms with Crippen molar-refractivity contribution in [2.75, 3.05) is 20.3 Å². The van der Waals surface area contributed by atoms with Crippen LogP contribution in [0, 0.1) is 5.92 Å². The number of hydrogen-bond donors (Lipinski definition) is 1. The van der Waals surface area contributed by atoms with Crippen molar-refractivity contribution in [3.05, 3.63) is 0 Å². The van der Waals surface area contributed by atoms with E-state index in [1.807, 2.05) is 13.8 Å². The van der Waals surface area contributed by atoms with Crippen LogP contribution in [0.2, 0.25) is 0 Å². The minimum Gasteiger partial charge on any atom is -0.468 e. The molecule has 0 fully saturated rings. The lowest BCUT2D eigenvalue weighted by molar-refractivity contribution is -0.143. The van der Waals surface area contributed by atoms with E-state index in [0.717, 1.165) is 0 Å². The maximum Gasteiger partial charge on any atom is 0.325 e. The first-order chi connectivity index (χ1) is 5.57. The molecule has 0 saturated heterocycles. The SMILES string of the molecule is COC(=O)C(N)COCC(C)C. The average Bonchev–Trinajstić information content (AvgIpc) is 2.02. The van der Waals surface area contributed by atoms with Gasteiger partial charge in [0.2, 0.25) is 0 Å². The van der Waals surface area contributed by atoms with Crippen molar-refractivity contribution in [2.24, 2.45) is 11.7 Å². The summed E-state index contributed by atoms with van der Waals surface area (Å²) in [6, 6.07) is -0.659. The molecule has 1 unspecified atom stereocenters. The van der Waals surface area contributed by atoms with Crippen LogP contribution in [0.4, 0.5) is 0 Å². The molecule has 72 valence electrons. The fourth-order valence-corrected chi connectivity index (χ4v) is 0.650. The van der Waals surface area contributed by atoms with Gasteiger partial charge in [-0.05, 0) is 5.92 Å². The van der Waals surface area contributed by atoms with Crippen molar-refractivity contribution < 1.29 is 14.3 Å². The second-order valence-corrected chi connectivity index (χ2v) is 3.06. The Labute approximate surface area is 73.0 Å². The monoisotopic (exact) mass is 175 g/mol.